The van der Waals surface area contributed by atoms with Gasteiger partial charge in [-0.25, -0.2) is 18.4 Å². The topological polar surface area (TPSA) is 189 Å². The number of carbonyl (C=O) groups excluding carboxylic acids is 3. The molecule has 4 aromatic carbocycles. The van der Waals surface area contributed by atoms with Crippen molar-refractivity contribution in [2.45, 2.75) is 143 Å². The molecule has 470 valence electrons. The largest absolute Gasteiger partial charge is 0.496 e. The number of anilines is 2. The number of aromatic nitrogens is 2. The summed E-state index contributed by atoms with van der Waals surface area (Å²) in [4.78, 5) is 65.3. The molecule has 6 rings (SSSR count). The molecule has 22 heteroatoms. The fraction of sp³-hybridized carbons (Fsp3) is 0.484. The Bertz CT molecular complexity index is 3600. The number of benzene rings is 4. The molecule has 1 amide bonds. The summed E-state index contributed by atoms with van der Waals surface area (Å²) < 4.78 is 68.6. The van der Waals surface area contributed by atoms with Crippen LogP contribution in [0.25, 0.3) is 21.8 Å². The molecule has 0 spiro atoms. The van der Waals surface area contributed by atoms with Gasteiger partial charge in [-0.1, -0.05) is 92.4 Å². The van der Waals surface area contributed by atoms with Gasteiger partial charge in [0, 0.05) is 71.8 Å². The number of nitrogens with zero attached hydrogens (tertiary/aromatic N) is 2. The van der Waals surface area contributed by atoms with Crippen molar-refractivity contribution < 1.29 is 51.0 Å². The van der Waals surface area contributed by atoms with E-state index < -0.39 is 51.1 Å². The third kappa shape index (κ3) is 16.5. The van der Waals surface area contributed by atoms with E-state index in [2.05, 4.69) is 101 Å². The predicted molar refractivity (Wildman–Crippen MR) is 348 cm³/mol. The molecule has 0 fully saturated rings. The number of rotatable bonds is 22. The molecule has 6 aromatic rings. The Balaban J connectivity index is 0.000000317. The van der Waals surface area contributed by atoms with Crippen LogP contribution in [-0.2, 0) is 36.0 Å². The maximum atomic E-state index is 15.3. The van der Waals surface area contributed by atoms with Gasteiger partial charge in [-0.2, -0.15) is 0 Å². The first-order chi connectivity index (χ1) is 40.0. The fourth-order valence-corrected chi connectivity index (χ4v) is 11.9. The Kier molecular flexibility index (Phi) is 23.9. The van der Waals surface area contributed by atoms with E-state index in [4.69, 9.17) is 68.3 Å². The normalized spacial score (nSPS) is 12.9. The molecule has 0 aliphatic rings. The maximum Gasteiger partial charge on any atom is 0.343 e. The van der Waals surface area contributed by atoms with Crippen molar-refractivity contribution in [3.63, 3.8) is 0 Å². The number of alkyl halides is 1. The highest BCUT2D eigenvalue weighted by molar-refractivity contribution is 6.74. The lowest BCUT2D eigenvalue weighted by atomic mass is 9.98. The first kappa shape index (κ1) is 71.0. The lowest BCUT2D eigenvalue weighted by Crippen LogP contribution is -2.42. The summed E-state index contributed by atoms with van der Waals surface area (Å²) in [7, 11) is 1.23. The maximum absolute atomic E-state index is 15.3. The van der Waals surface area contributed by atoms with Gasteiger partial charge in [0.2, 0.25) is 16.8 Å². The van der Waals surface area contributed by atoms with Gasteiger partial charge in [-0.3, -0.25) is 14.4 Å². The average Bonchev–Trinajstić information content (AvgIpc) is 0.842. The monoisotopic (exact) mass is 1280 g/mol. The van der Waals surface area contributed by atoms with E-state index >= 15 is 4.39 Å². The number of hydrogen-bond acceptors (Lipinski definition) is 12. The van der Waals surface area contributed by atoms with E-state index in [-0.39, 0.29) is 102 Å². The van der Waals surface area contributed by atoms with Crippen molar-refractivity contribution in [3.8, 4) is 11.5 Å². The van der Waals surface area contributed by atoms with Crippen LogP contribution in [0, 0.1) is 23.5 Å². The summed E-state index contributed by atoms with van der Waals surface area (Å²) >= 11 is 17.9. The second-order valence-electron chi connectivity index (χ2n) is 25.3. The van der Waals surface area contributed by atoms with Gasteiger partial charge in [0.1, 0.15) is 34.3 Å². The SMILES string of the molecule is COC(=O)c1cn([C@H](CO[Si](C)(C)C(C)(C)C)C(C)C)c2cc(OC)c(Cc3cc(N)cc(Cl)c3F)cc2c1=O.COC(=O)c1cn([C@H](CO[Si](C)(C)C(C)(C)C)C(C)C)c2cc(OC)c(Cc3cc(NC(=O)CCCCl)cc(Cl)c3F)cc2c1=O. The Morgan fingerprint density at radius 1 is 0.616 bits per heavy atom. The van der Waals surface area contributed by atoms with Gasteiger partial charge in [0.05, 0.1) is 74.8 Å². The summed E-state index contributed by atoms with van der Waals surface area (Å²) in [6, 6.07) is 12.0. The Labute approximate surface area is 521 Å². The van der Waals surface area contributed by atoms with Crippen molar-refractivity contribution in [1.29, 1.82) is 0 Å². The van der Waals surface area contributed by atoms with E-state index in [1.807, 2.05) is 9.13 Å². The highest BCUT2D eigenvalue weighted by Crippen LogP contribution is 2.41. The first-order valence-corrected chi connectivity index (χ1v) is 35.6. The number of hydrogen-bond donors (Lipinski definition) is 2. The number of methoxy groups -OCH3 is 4. The molecule has 0 saturated carbocycles. The van der Waals surface area contributed by atoms with Gasteiger partial charge in [-0.05, 0) is 113 Å². The number of carbonyl (C=O) groups is 3. The van der Waals surface area contributed by atoms with Gasteiger partial charge in [0.25, 0.3) is 0 Å². The van der Waals surface area contributed by atoms with Crippen LogP contribution in [0.4, 0.5) is 20.2 Å². The van der Waals surface area contributed by atoms with E-state index in [0.717, 1.165) is 0 Å². The average molecular weight is 1290 g/mol. The smallest absolute Gasteiger partial charge is 0.343 e. The summed E-state index contributed by atoms with van der Waals surface area (Å²) in [5, 5.41) is 3.00. The molecule has 86 heavy (non-hydrogen) atoms. The quantitative estimate of drug-likeness (QED) is 0.0284. The first-order valence-electron chi connectivity index (χ1n) is 28.5. The molecule has 0 radical (unpaired) electrons. The van der Waals surface area contributed by atoms with Crippen LogP contribution < -0.4 is 31.4 Å². The molecule has 2 heterocycles. The molecule has 2 aromatic heterocycles. The minimum absolute atomic E-state index is 0.00837. The van der Waals surface area contributed by atoms with Gasteiger partial charge < -0.3 is 48.0 Å². The van der Waals surface area contributed by atoms with Crippen molar-refractivity contribution in [3.05, 3.63) is 136 Å². The highest BCUT2D eigenvalue weighted by atomic mass is 35.5. The van der Waals surface area contributed by atoms with Gasteiger partial charge in [0.15, 0.2) is 16.6 Å². The van der Waals surface area contributed by atoms with Crippen LogP contribution in [0.15, 0.2) is 70.5 Å². The number of nitrogens with two attached hydrogens (primary N) is 1. The van der Waals surface area contributed by atoms with E-state index in [1.165, 1.54) is 58.9 Å². The summed E-state index contributed by atoms with van der Waals surface area (Å²) in [6.45, 7) is 30.8. The van der Waals surface area contributed by atoms with Crippen molar-refractivity contribution >= 4 is 102 Å². The summed E-state index contributed by atoms with van der Waals surface area (Å²) in [6.07, 6.45) is 3.84. The summed E-state index contributed by atoms with van der Waals surface area (Å²) in [5.74, 6) is -1.67. The van der Waals surface area contributed by atoms with Crippen LogP contribution in [0.2, 0.25) is 46.3 Å². The number of amides is 1. The van der Waals surface area contributed by atoms with Crippen LogP contribution in [0.3, 0.4) is 0 Å². The molecule has 0 aliphatic heterocycles. The number of esters is 2. The van der Waals surface area contributed by atoms with Crippen molar-refractivity contribution in [2.24, 2.45) is 11.8 Å². The molecule has 3 N–H and O–H groups in total. The molecular formula is C64H85Cl3F2N4O11Si2. The fourth-order valence-electron chi connectivity index (χ4n) is 9.27. The number of ether oxygens (including phenoxy) is 4. The molecule has 2 atom stereocenters. The molecule has 0 bridgehead atoms. The lowest BCUT2D eigenvalue weighted by Gasteiger charge is -2.38. The lowest BCUT2D eigenvalue weighted by molar-refractivity contribution is -0.116. The van der Waals surface area contributed by atoms with Crippen LogP contribution in [0.1, 0.15) is 137 Å². The number of pyridine rings is 2. The van der Waals surface area contributed by atoms with Gasteiger partial charge in [-0.15, -0.1) is 11.6 Å². The predicted octanol–water partition coefficient (Wildman–Crippen LogP) is 15.3. The van der Waals surface area contributed by atoms with Crippen molar-refractivity contribution in [1.82, 2.24) is 9.13 Å². The third-order valence-corrected chi connectivity index (χ3v) is 26.4. The third-order valence-electron chi connectivity index (χ3n) is 16.6. The molecular weight excluding hydrogens is 1200 g/mol. The van der Waals surface area contributed by atoms with Crippen LogP contribution in [0.5, 0.6) is 11.5 Å². The zero-order chi connectivity index (χ0) is 64.7. The molecule has 0 saturated heterocycles. The van der Waals surface area contributed by atoms with Crippen LogP contribution >= 0.6 is 34.8 Å². The zero-order valence-electron chi connectivity index (χ0n) is 52.9. The second kappa shape index (κ2) is 29.0. The number of halogens is 5. The van der Waals surface area contributed by atoms with Crippen LogP contribution in [-0.4, -0.2) is 91.1 Å². The standard InChI is InChI=1S/C34H45Cl2FN2O6Si.C30H40ClFN2O5Si/c1-20(2)28(19-45-46(8,9)34(3,4)5)39-18-25(33(42)44-7)32(41)24-15-21(29(43-6)17-27(24)39)13-22-14-23(16-26(36)31(22)37)38-30(40)11-10-12-35;1-17(2)25(16-39-40(8,9)30(3,4)5)34-15-22(29(36)38-7)28(35)21-12-18(26(37-6)14-24(21)34)10-19-11-20(33)13-23(31)27(19)32/h14-18,20,28H,10-13,19H2,1-9H3,(H,38,40);11-15,17,25H,10,16,33H2,1-9H3/t28-;25-/m11/s1. The second-order valence-corrected chi connectivity index (χ2v) is 36.1. The van der Waals surface area contributed by atoms with E-state index in [9.17, 15) is 28.4 Å². The molecule has 15 nitrogen and oxygen atoms in total. The van der Waals surface area contributed by atoms with E-state index in [1.54, 1.807) is 30.5 Å². The van der Waals surface area contributed by atoms with Gasteiger partial charge >= 0.3 is 11.9 Å². The number of nitrogen functional groups attached to an aromatic ring is 1. The number of fused-ring (bicyclic) bond motifs is 2. The Morgan fingerprint density at radius 3 is 1.37 bits per heavy atom. The minimum atomic E-state index is -2.14. The summed E-state index contributed by atoms with van der Waals surface area (Å²) in [5.41, 5.74) is 7.91. The minimum Gasteiger partial charge on any atom is -0.496 e. The Hall–Kier alpha value is -5.81. The molecule has 0 unspecified atom stereocenters. The zero-order valence-corrected chi connectivity index (χ0v) is 57.2. The Morgan fingerprint density at radius 2 is 1.01 bits per heavy atom. The van der Waals surface area contributed by atoms with E-state index in [0.29, 0.717) is 70.5 Å². The highest BCUT2D eigenvalue weighted by Gasteiger charge is 2.40. The molecule has 0 aliphatic carbocycles. The van der Waals surface area contributed by atoms with Crippen molar-refractivity contribution in [2.75, 3.05) is 58.6 Å². The number of nitrogens with one attached hydrogen (secondary N) is 1.